The molecule has 0 radical (unpaired) electrons. The molecule has 1 amide bonds. The van der Waals surface area contributed by atoms with Crippen molar-refractivity contribution in [3.05, 3.63) is 15.8 Å². The van der Waals surface area contributed by atoms with Crippen LogP contribution in [0, 0.1) is 0 Å². The van der Waals surface area contributed by atoms with E-state index in [0.29, 0.717) is 5.75 Å². The van der Waals surface area contributed by atoms with Gasteiger partial charge in [0.05, 0.1) is 0 Å². The summed E-state index contributed by atoms with van der Waals surface area (Å²) in [5.41, 5.74) is 0. The Labute approximate surface area is 128 Å². The topological polar surface area (TPSA) is 66.8 Å². The van der Waals surface area contributed by atoms with E-state index >= 15 is 0 Å². The molecule has 0 unspecified atom stereocenters. The molecule has 1 aromatic heterocycles. The van der Waals surface area contributed by atoms with Crippen molar-refractivity contribution in [2.45, 2.75) is 39.0 Å². The highest BCUT2D eigenvalue weighted by atomic mass is 32.1. The lowest BCUT2D eigenvalue weighted by Gasteiger charge is -2.26. The van der Waals surface area contributed by atoms with Crippen LogP contribution in [0.3, 0.4) is 0 Å². The van der Waals surface area contributed by atoms with Gasteiger partial charge in [-0.05, 0) is 31.2 Å². The molecule has 5 nitrogen and oxygen atoms in total. The molecule has 116 valence electrons. The van der Waals surface area contributed by atoms with E-state index in [1.165, 1.54) is 11.3 Å². The molecule has 1 saturated heterocycles. The molecule has 0 aromatic carbocycles. The van der Waals surface area contributed by atoms with Gasteiger partial charge in [-0.3, -0.25) is 4.79 Å². The summed E-state index contributed by atoms with van der Waals surface area (Å²) >= 11 is 1.21. The van der Waals surface area contributed by atoms with Crippen molar-refractivity contribution in [3.63, 3.8) is 0 Å². The fraction of sp³-hybridized carbons (Fsp3) is 0.600. The number of carbonyl (C=O) groups is 2. The SMILES string of the molecule is CC(C)c1cc(OCC(=O)N2CCCCC2)c(C(=O)O)s1. The van der Waals surface area contributed by atoms with Crippen molar-refractivity contribution < 1.29 is 19.4 Å². The third-order valence-corrected chi connectivity index (χ3v) is 4.95. The number of nitrogens with zero attached hydrogens (tertiary/aromatic N) is 1. The molecule has 1 fully saturated rings. The van der Waals surface area contributed by atoms with Crippen LogP contribution in [0.5, 0.6) is 5.75 Å². The maximum Gasteiger partial charge on any atom is 0.349 e. The summed E-state index contributed by atoms with van der Waals surface area (Å²) in [6, 6.07) is 1.74. The summed E-state index contributed by atoms with van der Waals surface area (Å²) in [4.78, 5) is 26.2. The van der Waals surface area contributed by atoms with Crippen molar-refractivity contribution >= 4 is 23.2 Å². The third kappa shape index (κ3) is 3.97. The van der Waals surface area contributed by atoms with E-state index in [-0.39, 0.29) is 23.3 Å². The van der Waals surface area contributed by atoms with Gasteiger partial charge >= 0.3 is 5.97 Å². The number of piperidine rings is 1. The van der Waals surface area contributed by atoms with Gasteiger partial charge in [-0.15, -0.1) is 11.3 Å². The number of carboxylic acids is 1. The normalized spacial score (nSPS) is 15.3. The van der Waals surface area contributed by atoms with E-state index in [4.69, 9.17) is 4.74 Å². The van der Waals surface area contributed by atoms with Gasteiger partial charge in [-0.2, -0.15) is 0 Å². The highest BCUT2D eigenvalue weighted by molar-refractivity contribution is 7.14. The molecule has 0 atom stereocenters. The molecule has 21 heavy (non-hydrogen) atoms. The maximum absolute atomic E-state index is 12.1. The number of ether oxygens (including phenoxy) is 1. The number of aromatic carboxylic acids is 1. The Hall–Kier alpha value is -1.56. The average Bonchev–Trinajstić information content (AvgIpc) is 2.90. The van der Waals surface area contributed by atoms with Gasteiger partial charge in [0.25, 0.3) is 5.91 Å². The number of thiophene rings is 1. The second-order valence-corrected chi connectivity index (χ2v) is 6.62. The first kappa shape index (κ1) is 15.8. The van der Waals surface area contributed by atoms with E-state index in [0.717, 1.165) is 37.2 Å². The van der Waals surface area contributed by atoms with Crippen LogP contribution in [-0.2, 0) is 4.79 Å². The Kier molecular flexibility index (Phi) is 5.22. The molecule has 6 heteroatoms. The predicted octanol–water partition coefficient (Wildman–Crippen LogP) is 2.96. The van der Waals surface area contributed by atoms with Crippen molar-refractivity contribution in [3.8, 4) is 5.75 Å². The monoisotopic (exact) mass is 311 g/mol. The average molecular weight is 311 g/mol. The number of amides is 1. The molecule has 2 heterocycles. The number of carboxylic acid groups (broad SMARTS) is 1. The van der Waals surface area contributed by atoms with Crippen molar-refractivity contribution in [1.82, 2.24) is 4.90 Å². The molecule has 2 rings (SSSR count). The van der Waals surface area contributed by atoms with Crippen LogP contribution in [0.4, 0.5) is 0 Å². The number of hydrogen-bond donors (Lipinski definition) is 1. The summed E-state index contributed by atoms with van der Waals surface area (Å²) in [5.74, 6) is -0.527. The second-order valence-electron chi connectivity index (χ2n) is 5.53. The van der Waals surface area contributed by atoms with Gasteiger partial charge in [-0.1, -0.05) is 13.8 Å². The van der Waals surface area contributed by atoms with Crippen LogP contribution in [-0.4, -0.2) is 41.6 Å². The predicted molar refractivity (Wildman–Crippen MR) is 81.3 cm³/mol. The highest BCUT2D eigenvalue weighted by Gasteiger charge is 2.21. The number of hydrogen-bond acceptors (Lipinski definition) is 4. The molecular weight excluding hydrogens is 290 g/mol. The lowest BCUT2D eigenvalue weighted by atomic mass is 10.1. The fourth-order valence-corrected chi connectivity index (χ4v) is 3.25. The van der Waals surface area contributed by atoms with Gasteiger partial charge in [0.2, 0.25) is 0 Å². The molecule has 0 aliphatic carbocycles. The van der Waals surface area contributed by atoms with Crippen LogP contribution in [0.25, 0.3) is 0 Å². The van der Waals surface area contributed by atoms with Crippen molar-refractivity contribution in [2.24, 2.45) is 0 Å². The summed E-state index contributed by atoms with van der Waals surface area (Å²) < 4.78 is 5.48. The van der Waals surface area contributed by atoms with E-state index in [1.807, 2.05) is 13.8 Å². The van der Waals surface area contributed by atoms with E-state index in [9.17, 15) is 14.7 Å². The van der Waals surface area contributed by atoms with E-state index in [1.54, 1.807) is 11.0 Å². The molecule has 1 N–H and O–H groups in total. The Morgan fingerprint density at radius 3 is 2.57 bits per heavy atom. The van der Waals surface area contributed by atoms with Gasteiger partial charge < -0.3 is 14.7 Å². The standard InChI is InChI=1S/C15H21NO4S/c1-10(2)12-8-11(14(21-12)15(18)19)20-9-13(17)16-6-4-3-5-7-16/h8,10H,3-7,9H2,1-2H3,(H,18,19). The Bertz CT molecular complexity index is 518. The summed E-state index contributed by atoms with van der Waals surface area (Å²) in [5, 5.41) is 9.21. The Morgan fingerprint density at radius 2 is 2.00 bits per heavy atom. The number of rotatable bonds is 5. The zero-order chi connectivity index (χ0) is 15.4. The van der Waals surface area contributed by atoms with Gasteiger partial charge in [0, 0.05) is 18.0 Å². The van der Waals surface area contributed by atoms with Crippen LogP contribution in [0.2, 0.25) is 0 Å². The summed E-state index contributed by atoms with van der Waals surface area (Å²) in [7, 11) is 0. The van der Waals surface area contributed by atoms with Gasteiger partial charge in [0.15, 0.2) is 11.5 Å². The number of carbonyl (C=O) groups excluding carboxylic acids is 1. The summed E-state index contributed by atoms with van der Waals surface area (Å²) in [6.45, 7) is 5.46. The quantitative estimate of drug-likeness (QED) is 0.908. The first-order valence-electron chi connectivity index (χ1n) is 7.26. The first-order valence-corrected chi connectivity index (χ1v) is 8.08. The Balaban J connectivity index is 2.01. The minimum atomic E-state index is -1.01. The van der Waals surface area contributed by atoms with Crippen molar-refractivity contribution in [2.75, 3.05) is 19.7 Å². The fourth-order valence-electron chi connectivity index (χ4n) is 2.31. The number of likely N-dealkylation sites (tertiary alicyclic amines) is 1. The van der Waals surface area contributed by atoms with Crippen LogP contribution < -0.4 is 4.74 Å². The lowest BCUT2D eigenvalue weighted by Crippen LogP contribution is -2.38. The molecule has 0 bridgehead atoms. The van der Waals surface area contributed by atoms with E-state index in [2.05, 4.69) is 0 Å². The van der Waals surface area contributed by atoms with Crippen LogP contribution in [0.1, 0.15) is 53.6 Å². The highest BCUT2D eigenvalue weighted by Crippen LogP contribution is 2.33. The third-order valence-electron chi connectivity index (χ3n) is 3.54. The van der Waals surface area contributed by atoms with Gasteiger partial charge in [-0.25, -0.2) is 4.79 Å². The van der Waals surface area contributed by atoms with Gasteiger partial charge in [0.1, 0.15) is 5.75 Å². The largest absolute Gasteiger partial charge is 0.482 e. The first-order chi connectivity index (χ1) is 9.99. The smallest absolute Gasteiger partial charge is 0.349 e. The summed E-state index contributed by atoms with van der Waals surface area (Å²) in [6.07, 6.45) is 3.22. The van der Waals surface area contributed by atoms with Crippen molar-refractivity contribution in [1.29, 1.82) is 0 Å². The van der Waals surface area contributed by atoms with Crippen LogP contribution >= 0.6 is 11.3 Å². The van der Waals surface area contributed by atoms with E-state index < -0.39 is 5.97 Å². The molecule has 1 aliphatic rings. The molecule has 1 aromatic rings. The molecule has 0 saturated carbocycles. The molecule has 1 aliphatic heterocycles. The second kappa shape index (κ2) is 6.93. The Morgan fingerprint density at radius 1 is 1.33 bits per heavy atom. The zero-order valence-corrected chi connectivity index (χ0v) is 13.2. The maximum atomic E-state index is 12.1. The minimum Gasteiger partial charge on any atom is -0.482 e. The minimum absolute atomic E-state index is 0.0664. The van der Waals surface area contributed by atoms with Crippen LogP contribution in [0.15, 0.2) is 6.07 Å². The lowest BCUT2D eigenvalue weighted by molar-refractivity contribution is -0.134. The molecule has 0 spiro atoms. The zero-order valence-electron chi connectivity index (χ0n) is 12.4. The molecular formula is C15H21NO4S.